The molecule has 0 amide bonds. The van der Waals surface area contributed by atoms with E-state index in [0.717, 1.165) is 20.3 Å². The Morgan fingerprint density at radius 3 is 2.24 bits per heavy atom. The maximum Gasteiger partial charge on any atom is 0.167 e. The van der Waals surface area contributed by atoms with Crippen LogP contribution in [-0.2, 0) is 6.54 Å². The summed E-state index contributed by atoms with van der Waals surface area (Å²) >= 11 is 6.91. The van der Waals surface area contributed by atoms with Gasteiger partial charge in [0.05, 0.1) is 23.2 Å². The molecule has 0 aliphatic carbocycles. The number of benzene rings is 2. The van der Waals surface area contributed by atoms with Gasteiger partial charge in [-0.2, -0.15) is 0 Å². The van der Waals surface area contributed by atoms with Crippen LogP contribution in [0.15, 0.2) is 39.3 Å². The maximum atomic E-state index is 13.6. The van der Waals surface area contributed by atoms with E-state index >= 15 is 0 Å². The van der Waals surface area contributed by atoms with Gasteiger partial charge in [0.1, 0.15) is 5.75 Å². The smallest absolute Gasteiger partial charge is 0.167 e. The van der Waals surface area contributed by atoms with Crippen LogP contribution in [0, 0.1) is 5.82 Å². The maximum absolute atomic E-state index is 13.6. The average Bonchev–Trinajstić information content (AvgIpc) is 2.45. The van der Waals surface area contributed by atoms with Gasteiger partial charge in [0.2, 0.25) is 0 Å². The Morgan fingerprint density at radius 2 is 1.71 bits per heavy atom. The van der Waals surface area contributed by atoms with Gasteiger partial charge in [-0.05, 0) is 61.7 Å². The standard InChI is InChI=1S/C15H14Br2FNO2/c1-20-14-4-3-10(7-13(14)18)19-8-9-5-11(16)15(21-2)12(17)6-9/h3-7,19H,8H2,1-2H3. The zero-order chi connectivity index (χ0) is 15.4. The molecule has 2 aromatic rings. The molecule has 6 heteroatoms. The predicted octanol–water partition coefficient (Wildman–Crippen LogP) is 4.98. The Balaban J connectivity index is 2.11. The van der Waals surface area contributed by atoms with Crippen LogP contribution in [-0.4, -0.2) is 14.2 Å². The average molecular weight is 419 g/mol. The summed E-state index contributed by atoms with van der Waals surface area (Å²) in [7, 11) is 3.06. The van der Waals surface area contributed by atoms with Gasteiger partial charge in [-0.1, -0.05) is 0 Å². The molecule has 3 nitrogen and oxygen atoms in total. The van der Waals surface area contributed by atoms with Crippen LogP contribution in [0.3, 0.4) is 0 Å². The molecule has 2 rings (SSSR count). The molecule has 21 heavy (non-hydrogen) atoms. The second kappa shape index (κ2) is 7.13. The van der Waals surface area contributed by atoms with Crippen LogP contribution in [0.4, 0.5) is 10.1 Å². The first-order valence-corrected chi connectivity index (χ1v) is 7.73. The Kier molecular flexibility index (Phi) is 5.47. The third kappa shape index (κ3) is 3.89. The van der Waals surface area contributed by atoms with Crippen molar-refractivity contribution >= 4 is 37.5 Å². The molecule has 0 bridgehead atoms. The minimum absolute atomic E-state index is 0.232. The van der Waals surface area contributed by atoms with E-state index < -0.39 is 0 Å². The van der Waals surface area contributed by atoms with Gasteiger partial charge in [-0.3, -0.25) is 0 Å². The molecule has 0 spiro atoms. The van der Waals surface area contributed by atoms with Gasteiger partial charge in [0.25, 0.3) is 0 Å². The van der Waals surface area contributed by atoms with Gasteiger partial charge in [0.15, 0.2) is 11.6 Å². The molecule has 0 radical (unpaired) electrons. The van der Waals surface area contributed by atoms with Crippen LogP contribution in [0.25, 0.3) is 0 Å². The summed E-state index contributed by atoms with van der Waals surface area (Å²) in [4.78, 5) is 0. The van der Waals surface area contributed by atoms with E-state index in [4.69, 9.17) is 9.47 Å². The molecule has 112 valence electrons. The van der Waals surface area contributed by atoms with Crippen molar-refractivity contribution in [2.24, 2.45) is 0 Å². The molecule has 0 atom stereocenters. The Labute approximate surface area is 139 Å². The van der Waals surface area contributed by atoms with Crippen molar-refractivity contribution in [2.75, 3.05) is 19.5 Å². The second-order valence-corrected chi connectivity index (χ2v) is 6.00. The first kappa shape index (κ1) is 16.1. The number of nitrogens with one attached hydrogen (secondary N) is 1. The first-order valence-electron chi connectivity index (χ1n) is 6.14. The summed E-state index contributed by atoms with van der Waals surface area (Å²) in [6.45, 7) is 0.562. The molecule has 0 saturated heterocycles. The number of rotatable bonds is 5. The highest BCUT2D eigenvalue weighted by atomic mass is 79.9. The van der Waals surface area contributed by atoms with Gasteiger partial charge in [-0.15, -0.1) is 0 Å². The van der Waals surface area contributed by atoms with E-state index in [9.17, 15) is 4.39 Å². The quantitative estimate of drug-likeness (QED) is 0.742. The SMILES string of the molecule is COc1ccc(NCc2cc(Br)c(OC)c(Br)c2)cc1F. The van der Waals surface area contributed by atoms with E-state index in [1.165, 1.54) is 13.2 Å². The number of hydrogen-bond donors (Lipinski definition) is 1. The van der Waals surface area contributed by atoms with Crippen molar-refractivity contribution in [3.8, 4) is 11.5 Å². The summed E-state index contributed by atoms with van der Waals surface area (Å²) < 4.78 is 25.5. The molecule has 0 aromatic heterocycles. The number of hydrogen-bond acceptors (Lipinski definition) is 3. The first-order chi connectivity index (χ1) is 10.0. The van der Waals surface area contributed by atoms with Gasteiger partial charge < -0.3 is 14.8 Å². The van der Waals surface area contributed by atoms with E-state index in [0.29, 0.717) is 12.2 Å². The van der Waals surface area contributed by atoms with E-state index in [2.05, 4.69) is 37.2 Å². The molecule has 0 aliphatic heterocycles. The number of ether oxygens (including phenoxy) is 2. The monoisotopic (exact) mass is 417 g/mol. The lowest BCUT2D eigenvalue weighted by Crippen LogP contribution is -2.01. The summed E-state index contributed by atoms with van der Waals surface area (Å²) in [6.07, 6.45) is 0. The number of halogens is 3. The molecule has 1 N–H and O–H groups in total. The van der Waals surface area contributed by atoms with Crippen LogP contribution < -0.4 is 14.8 Å². The molecular formula is C15H14Br2FNO2. The second-order valence-electron chi connectivity index (χ2n) is 4.30. The Morgan fingerprint density at radius 1 is 1.05 bits per heavy atom. The third-order valence-corrected chi connectivity index (χ3v) is 4.09. The van der Waals surface area contributed by atoms with Crippen molar-refractivity contribution < 1.29 is 13.9 Å². The van der Waals surface area contributed by atoms with Crippen LogP contribution >= 0.6 is 31.9 Å². The normalized spacial score (nSPS) is 10.3. The summed E-state index contributed by atoms with van der Waals surface area (Å²) in [5, 5.41) is 3.17. The fourth-order valence-electron chi connectivity index (χ4n) is 1.89. The highest BCUT2D eigenvalue weighted by molar-refractivity contribution is 9.11. The summed E-state index contributed by atoms with van der Waals surface area (Å²) in [5.41, 5.74) is 1.72. The molecular weight excluding hydrogens is 405 g/mol. The van der Waals surface area contributed by atoms with E-state index in [1.54, 1.807) is 19.2 Å². The fourth-order valence-corrected chi connectivity index (χ4v) is 3.49. The zero-order valence-electron chi connectivity index (χ0n) is 11.5. The number of methoxy groups -OCH3 is 2. The lowest BCUT2D eigenvalue weighted by atomic mass is 10.2. The highest BCUT2D eigenvalue weighted by Gasteiger charge is 2.08. The van der Waals surface area contributed by atoms with Crippen molar-refractivity contribution in [3.05, 3.63) is 50.7 Å². The van der Waals surface area contributed by atoms with Crippen molar-refractivity contribution in [2.45, 2.75) is 6.54 Å². The molecule has 0 saturated carbocycles. The Hall–Kier alpha value is -1.27. The molecule has 0 unspecified atom stereocenters. The summed E-state index contributed by atoms with van der Waals surface area (Å²) in [5.74, 6) is 0.587. The van der Waals surface area contributed by atoms with Gasteiger partial charge in [0, 0.05) is 18.3 Å². The topological polar surface area (TPSA) is 30.5 Å². The lowest BCUT2D eigenvalue weighted by molar-refractivity contribution is 0.386. The predicted molar refractivity (Wildman–Crippen MR) is 88.7 cm³/mol. The zero-order valence-corrected chi connectivity index (χ0v) is 14.7. The van der Waals surface area contributed by atoms with E-state index in [1.807, 2.05) is 12.1 Å². The highest BCUT2D eigenvalue weighted by Crippen LogP contribution is 2.34. The van der Waals surface area contributed by atoms with Crippen molar-refractivity contribution in [3.63, 3.8) is 0 Å². The molecule has 0 aliphatic rings. The largest absolute Gasteiger partial charge is 0.494 e. The number of anilines is 1. The van der Waals surface area contributed by atoms with Crippen molar-refractivity contribution in [1.29, 1.82) is 0 Å². The molecule has 0 heterocycles. The molecule has 2 aromatic carbocycles. The van der Waals surface area contributed by atoms with E-state index in [-0.39, 0.29) is 11.6 Å². The minimum atomic E-state index is -0.389. The van der Waals surface area contributed by atoms with Crippen LogP contribution in [0.5, 0.6) is 11.5 Å². The third-order valence-electron chi connectivity index (χ3n) is 2.91. The van der Waals surface area contributed by atoms with Crippen LogP contribution in [0.2, 0.25) is 0 Å². The van der Waals surface area contributed by atoms with Gasteiger partial charge in [-0.25, -0.2) is 4.39 Å². The Bertz CT molecular complexity index is 627. The summed E-state index contributed by atoms with van der Waals surface area (Å²) in [6, 6.07) is 8.69. The fraction of sp³-hybridized carbons (Fsp3) is 0.200. The van der Waals surface area contributed by atoms with Crippen molar-refractivity contribution in [1.82, 2.24) is 0 Å². The molecule has 0 fully saturated rings. The van der Waals surface area contributed by atoms with Crippen LogP contribution in [0.1, 0.15) is 5.56 Å². The minimum Gasteiger partial charge on any atom is -0.494 e. The lowest BCUT2D eigenvalue weighted by Gasteiger charge is -2.11. The van der Waals surface area contributed by atoms with Gasteiger partial charge >= 0.3 is 0 Å².